The van der Waals surface area contributed by atoms with E-state index in [2.05, 4.69) is 0 Å². The molecule has 0 bridgehead atoms. The molecule has 1 saturated heterocycles. The van der Waals surface area contributed by atoms with Gasteiger partial charge in [0.15, 0.2) is 23.3 Å². The average Bonchev–Trinajstić information content (AvgIpc) is 2.69. The van der Waals surface area contributed by atoms with Crippen molar-refractivity contribution in [1.82, 2.24) is 0 Å². The summed E-state index contributed by atoms with van der Waals surface area (Å²) in [6.45, 7) is 2.12. The van der Waals surface area contributed by atoms with Crippen LogP contribution in [0.3, 0.4) is 0 Å². The van der Waals surface area contributed by atoms with Crippen LogP contribution >= 0.6 is 0 Å². The first-order valence-corrected chi connectivity index (χ1v) is 8.90. The molecule has 0 spiro atoms. The van der Waals surface area contributed by atoms with E-state index in [1.54, 1.807) is 29.6 Å². The van der Waals surface area contributed by atoms with Crippen LogP contribution in [0.25, 0.3) is 0 Å². The summed E-state index contributed by atoms with van der Waals surface area (Å²) in [5.74, 6) is -12.3. The van der Waals surface area contributed by atoms with Crippen LogP contribution in [0.2, 0.25) is 0 Å². The molecule has 10 heteroatoms. The highest BCUT2D eigenvalue weighted by atomic mass is 19.4. The highest BCUT2D eigenvalue weighted by Gasteiger charge is 2.43. The average molecular weight is 435 g/mol. The molecule has 30 heavy (non-hydrogen) atoms. The summed E-state index contributed by atoms with van der Waals surface area (Å²) in [6.07, 6.45) is -5.52. The van der Waals surface area contributed by atoms with Crippen LogP contribution < -0.4 is 5.32 Å². The van der Waals surface area contributed by atoms with Gasteiger partial charge in [0.2, 0.25) is 5.91 Å². The van der Waals surface area contributed by atoms with Crippen LogP contribution in [0.15, 0.2) is 24.3 Å². The van der Waals surface area contributed by atoms with Gasteiger partial charge in [-0.05, 0) is 18.9 Å². The molecule has 1 heterocycles. The number of aryl methyl sites for hydroxylation is 1. The molecule has 2 atom stereocenters. The Morgan fingerprint density at radius 2 is 1.57 bits per heavy atom. The number of halogens is 7. The van der Waals surface area contributed by atoms with Gasteiger partial charge in [0, 0.05) is 18.4 Å². The number of hydrogen-bond donors (Lipinski definition) is 1. The summed E-state index contributed by atoms with van der Waals surface area (Å²) in [4.78, 5) is 12.7. The molecule has 1 aliphatic heterocycles. The van der Waals surface area contributed by atoms with E-state index in [-0.39, 0.29) is 19.6 Å². The number of alkyl halides is 3. The van der Waals surface area contributed by atoms with Crippen molar-refractivity contribution in [2.24, 2.45) is 5.92 Å². The third-order valence-electron chi connectivity index (χ3n) is 4.99. The van der Waals surface area contributed by atoms with E-state index < -0.39 is 58.4 Å². The molecule has 0 radical (unpaired) electrons. The molecular formula is C20H16F7NO2. The van der Waals surface area contributed by atoms with E-state index in [9.17, 15) is 35.5 Å². The number of rotatable bonds is 3. The van der Waals surface area contributed by atoms with Gasteiger partial charge in [0.25, 0.3) is 0 Å². The third-order valence-corrected chi connectivity index (χ3v) is 4.99. The van der Waals surface area contributed by atoms with E-state index in [0.717, 1.165) is 5.56 Å². The van der Waals surface area contributed by atoms with Crippen molar-refractivity contribution in [3.63, 3.8) is 0 Å². The van der Waals surface area contributed by atoms with Crippen LogP contribution in [0.5, 0.6) is 0 Å². The lowest BCUT2D eigenvalue weighted by atomic mass is 9.82. The predicted octanol–water partition coefficient (Wildman–Crippen LogP) is 5.33. The van der Waals surface area contributed by atoms with E-state index in [1.807, 2.05) is 6.92 Å². The number of amides is 1. The molecular weight excluding hydrogens is 419 g/mol. The minimum atomic E-state index is -5.66. The molecule has 0 aliphatic carbocycles. The van der Waals surface area contributed by atoms with Crippen molar-refractivity contribution in [2.45, 2.75) is 25.4 Å². The first kappa shape index (κ1) is 22.1. The smallest absolute Gasteiger partial charge is 0.381 e. The highest BCUT2D eigenvalue weighted by molar-refractivity contribution is 5.93. The van der Waals surface area contributed by atoms with Crippen LogP contribution in [0.4, 0.5) is 36.4 Å². The molecule has 0 aromatic heterocycles. The fraction of sp³-hybridized carbons (Fsp3) is 0.350. The lowest BCUT2D eigenvalue weighted by molar-refractivity contribution is -0.143. The van der Waals surface area contributed by atoms with Crippen molar-refractivity contribution in [2.75, 3.05) is 18.5 Å². The van der Waals surface area contributed by atoms with Crippen LogP contribution in [-0.2, 0) is 15.7 Å². The molecule has 1 N–H and O–H groups in total. The normalized spacial score (nSPS) is 19.6. The minimum absolute atomic E-state index is 0.113. The Labute approximate surface area is 166 Å². The van der Waals surface area contributed by atoms with Crippen LogP contribution in [0.1, 0.15) is 29.0 Å². The van der Waals surface area contributed by atoms with Gasteiger partial charge in [0.1, 0.15) is 11.3 Å². The highest BCUT2D eigenvalue weighted by Crippen LogP contribution is 2.39. The van der Waals surface area contributed by atoms with Gasteiger partial charge >= 0.3 is 6.18 Å². The second-order valence-electron chi connectivity index (χ2n) is 6.98. The maximum Gasteiger partial charge on any atom is 0.422 e. The van der Waals surface area contributed by atoms with Crippen molar-refractivity contribution in [3.05, 3.63) is 64.2 Å². The molecule has 1 amide bonds. The quantitative estimate of drug-likeness (QED) is 0.523. The minimum Gasteiger partial charge on any atom is -0.381 e. The molecule has 0 saturated carbocycles. The second-order valence-corrected chi connectivity index (χ2v) is 6.98. The molecule has 162 valence electrons. The molecule has 1 fully saturated rings. The number of nitrogens with one attached hydrogen (secondary N) is 1. The second kappa shape index (κ2) is 8.25. The first-order chi connectivity index (χ1) is 14.0. The van der Waals surface area contributed by atoms with E-state index in [0.29, 0.717) is 5.56 Å². The number of carbonyl (C=O) groups is 1. The monoisotopic (exact) mass is 435 g/mol. The van der Waals surface area contributed by atoms with E-state index in [4.69, 9.17) is 4.74 Å². The number of ether oxygens (including phenoxy) is 1. The Bertz CT molecular complexity index is 928. The number of anilines is 1. The summed E-state index contributed by atoms with van der Waals surface area (Å²) >= 11 is 0. The zero-order chi connectivity index (χ0) is 22.2. The molecule has 3 rings (SSSR count). The Balaban J connectivity index is 1.94. The SMILES string of the molecule is Cc1ccc([C@H]2COCC[C@H]2C(=O)Nc2c(F)c(F)c(C(F)(F)F)c(F)c2F)cc1. The number of hydrogen-bond acceptors (Lipinski definition) is 2. The Hall–Kier alpha value is -2.62. The summed E-state index contributed by atoms with van der Waals surface area (Å²) in [5.41, 5.74) is -2.64. The Kier molecular flexibility index (Phi) is 6.07. The first-order valence-electron chi connectivity index (χ1n) is 8.90. The van der Waals surface area contributed by atoms with Gasteiger partial charge in [0.05, 0.1) is 6.61 Å². The van der Waals surface area contributed by atoms with Crippen molar-refractivity contribution < 1.29 is 40.3 Å². The van der Waals surface area contributed by atoms with Gasteiger partial charge in [-0.3, -0.25) is 4.79 Å². The van der Waals surface area contributed by atoms with Gasteiger partial charge in [-0.1, -0.05) is 29.8 Å². The third kappa shape index (κ3) is 4.14. The van der Waals surface area contributed by atoms with Crippen LogP contribution in [-0.4, -0.2) is 19.1 Å². The lowest BCUT2D eigenvalue weighted by Crippen LogP contribution is -2.35. The van der Waals surface area contributed by atoms with Crippen molar-refractivity contribution in [3.8, 4) is 0 Å². The molecule has 1 aliphatic rings. The van der Waals surface area contributed by atoms with Crippen molar-refractivity contribution in [1.29, 1.82) is 0 Å². The van der Waals surface area contributed by atoms with Crippen molar-refractivity contribution >= 4 is 11.6 Å². The Morgan fingerprint density at radius 3 is 2.10 bits per heavy atom. The number of carbonyl (C=O) groups excluding carboxylic acids is 1. The summed E-state index contributed by atoms with van der Waals surface area (Å²) in [6, 6.07) is 7.07. The van der Waals surface area contributed by atoms with Crippen LogP contribution in [0, 0.1) is 36.1 Å². The van der Waals surface area contributed by atoms with Gasteiger partial charge in [-0.15, -0.1) is 0 Å². The Morgan fingerprint density at radius 1 is 1.00 bits per heavy atom. The molecule has 3 nitrogen and oxygen atoms in total. The maximum absolute atomic E-state index is 14.1. The van der Waals surface area contributed by atoms with Gasteiger partial charge < -0.3 is 10.1 Å². The summed E-state index contributed by atoms with van der Waals surface area (Å²) < 4.78 is 99.3. The molecule has 2 aromatic rings. The van der Waals surface area contributed by atoms with Gasteiger partial charge in [-0.2, -0.15) is 13.2 Å². The number of benzene rings is 2. The topological polar surface area (TPSA) is 38.3 Å². The lowest BCUT2D eigenvalue weighted by Gasteiger charge is -2.31. The fourth-order valence-electron chi connectivity index (χ4n) is 3.40. The fourth-order valence-corrected chi connectivity index (χ4v) is 3.40. The summed E-state index contributed by atoms with van der Waals surface area (Å²) in [5, 5.41) is 1.73. The van der Waals surface area contributed by atoms with Gasteiger partial charge in [-0.25, -0.2) is 17.6 Å². The summed E-state index contributed by atoms with van der Waals surface area (Å²) in [7, 11) is 0. The largest absolute Gasteiger partial charge is 0.422 e. The van der Waals surface area contributed by atoms with E-state index in [1.165, 1.54) is 0 Å². The van der Waals surface area contributed by atoms with E-state index >= 15 is 0 Å². The predicted molar refractivity (Wildman–Crippen MR) is 92.8 cm³/mol. The zero-order valence-electron chi connectivity index (χ0n) is 15.5. The molecule has 0 unspecified atom stereocenters. The zero-order valence-corrected chi connectivity index (χ0v) is 15.5. The molecule has 2 aromatic carbocycles. The standard InChI is InChI=1S/C20H16F7NO2/c1-9-2-4-10(5-3-9)12-8-30-7-6-11(12)19(29)28-18-16(23)14(21)13(20(25,26)27)15(22)17(18)24/h2-5,11-12H,6-8H2,1H3,(H,28,29)/t11-,12-/m1/s1. The maximum atomic E-state index is 14.1.